The fourth-order valence-corrected chi connectivity index (χ4v) is 2.37. The van der Waals surface area contributed by atoms with Gasteiger partial charge in [-0.15, -0.1) is 0 Å². The number of aliphatic hydroxyl groups excluding tert-OH is 1. The lowest BCUT2D eigenvalue weighted by Crippen LogP contribution is -2.12. The van der Waals surface area contributed by atoms with Gasteiger partial charge in [-0.05, 0) is 42.4 Å². The maximum Gasteiger partial charge on any atom is 0.0462 e. The van der Waals surface area contributed by atoms with Gasteiger partial charge in [0.15, 0.2) is 0 Å². The van der Waals surface area contributed by atoms with Gasteiger partial charge in [-0.1, -0.05) is 43.1 Å². The second-order valence-corrected chi connectivity index (χ2v) is 5.46. The predicted octanol–water partition coefficient (Wildman–Crippen LogP) is 4.19. The normalized spacial score (nSPS) is 13.1. The molecule has 0 fully saturated rings. The summed E-state index contributed by atoms with van der Waals surface area (Å²) in [6, 6.07) is 5.53. The largest absolute Gasteiger partial charge is 0.396 e. The van der Waals surface area contributed by atoms with Crippen molar-refractivity contribution in [3.05, 3.63) is 33.8 Å². The fourth-order valence-electron chi connectivity index (χ4n) is 1.89. The highest BCUT2D eigenvalue weighted by atomic mass is 35.5. The van der Waals surface area contributed by atoms with Gasteiger partial charge in [0.25, 0.3) is 0 Å². The molecule has 0 spiro atoms. The molecule has 0 aliphatic heterocycles. The van der Waals surface area contributed by atoms with Gasteiger partial charge in [0.05, 0.1) is 0 Å². The molecule has 90 valence electrons. The lowest BCUT2D eigenvalue weighted by molar-refractivity contribution is 0.205. The molecule has 1 aromatic rings. The van der Waals surface area contributed by atoms with E-state index >= 15 is 0 Å². The Balaban J connectivity index is 2.70. The van der Waals surface area contributed by atoms with Crippen molar-refractivity contribution >= 4 is 23.2 Å². The molecule has 0 radical (unpaired) electrons. The van der Waals surface area contributed by atoms with Gasteiger partial charge in [0, 0.05) is 16.7 Å². The van der Waals surface area contributed by atoms with E-state index in [0.717, 1.165) is 18.4 Å². The van der Waals surface area contributed by atoms with Gasteiger partial charge < -0.3 is 5.11 Å². The summed E-state index contributed by atoms with van der Waals surface area (Å²) < 4.78 is 0. The van der Waals surface area contributed by atoms with Crippen LogP contribution in [-0.4, -0.2) is 11.7 Å². The highest BCUT2D eigenvalue weighted by Crippen LogP contribution is 2.25. The monoisotopic (exact) mass is 260 g/mol. The molecule has 1 rings (SSSR count). The molecule has 0 amide bonds. The van der Waals surface area contributed by atoms with Crippen LogP contribution in [0.5, 0.6) is 0 Å². The van der Waals surface area contributed by atoms with Crippen molar-refractivity contribution in [2.75, 3.05) is 6.61 Å². The molecule has 0 saturated carbocycles. The molecule has 1 nitrogen and oxygen atoms in total. The Bertz CT molecular complexity index is 337. The molecular formula is C13H18Cl2O. The zero-order valence-electron chi connectivity index (χ0n) is 9.71. The summed E-state index contributed by atoms with van der Waals surface area (Å²) in [6.07, 6.45) is 1.82. The van der Waals surface area contributed by atoms with E-state index in [2.05, 4.69) is 13.8 Å². The summed E-state index contributed by atoms with van der Waals surface area (Å²) in [5.41, 5.74) is 1.06. The smallest absolute Gasteiger partial charge is 0.0462 e. The van der Waals surface area contributed by atoms with Crippen LogP contribution in [0, 0.1) is 11.8 Å². The van der Waals surface area contributed by atoms with Gasteiger partial charge in [-0.3, -0.25) is 0 Å². The van der Waals surface area contributed by atoms with E-state index in [1.54, 1.807) is 6.07 Å². The molecule has 1 aromatic carbocycles. The first-order valence-corrected chi connectivity index (χ1v) is 6.33. The van der Waals surface area contributed by atoms with Crippen LogP contribution in [0.25, 0.3) is 0 Å². The summed E-state index contributed by atoms with van der Waals surface area (Å²) in [5.74, 6) is 0.863. The van der Waals surface area contributed by atoms with Gasteiger partial charge in [0.2, 0.25) is 0 Å². The van der Waals surface area contributed by atoms with Crippen molar-refractivity contribution in [2.45, 2.75) is 26.7 Å². The second-order valence-electron chi connectivity index (χ2n) is 4.62. The van der Waals surface area contributed by atoms with E-state index in [0.29, 0.717) is 16.0 Å². The van der Waals surface area contributed by atoms with E-state index < -0.39 is 0 Å². The molecule has 0 aromatic heterocycles. The molecular weight excluding hydrogens is 243 g/mol. The third-order valence-electron chi connectivity index (χ3n) is 2.59. The highest BCUT2D eigenvalue weighted by molar-refractivity contribution is 6.35. The Labute approximate surface area is 107 Å². The van der Waals surface area contributed by atoms with E-state index in [1.165, 1.54) is 0 Å². The number of benzene rings is 1. The number of hydrogen-bond donors (Lipinski definition) is 1. The molecule has 1 N–H and O–H groups in total. The van der Waals surface area contributed by atoms with E-state index in [9.17, 15) is 5.11 Å². The Kier molecular flexibility index (Phi) is 5.60. The maximum absolute atomic E-state index is 9.31. The van der Waals surface area contributed by atoms with Crippen LogP contribution in [0.15, 0.2) is 18.2 Å². The first kappa shape index (κ1) is 13.8. The summed E-state index contributed by atoms with van der Waals surface area (Å²) in [4.78, 5) is 0. The van der Waals surface area contributed by atoms with E-state index in [4.69, 9.17) is 23.2 Å². The molecule has 0 heterocycles. The van der Waals surface area contributed by atoms with Gasteiger partial charge in [0.1, 0.15) is 0 Å². The van der Waals surface area contributed by atoms with Crippen LogP contribution < -0.4 is 0 Å². The fraction of sp³-hybridized carbons (Fsp3) is 0.538. The average molecular weight is 261 g/mol. The number of halogens is 2. The van der Waals surface area contributed by atoms with Crippen LogP contribution in [-0.2, 0) is 6.42 Å². The maximum atomic E-state index is 9.31. The molecule has 3 heteroatoms. The lowest BCUT2D eigenvalue weighted by atomic mass is 9.91. The van der Waals surface area contributed by atoms with Crippen molar-refractivity contribution in [1.82, 2.24) is 0 Å². The average Bonchev–Trinajstić information content (AvgIpc) is 2.20. The summed E-state index contributed by atoms with van der Waals surface area (Å²) in [7, 11) is 0. The molecule has 0 saturated heterocycles. The van der Waals surface area contributed by atoms with Gasteiger partial charge in [-0.2, -0.15) is 0 Å². The lowest BCUT2D eigenvalue weighted by Gasteiger charge is -2.17. The van der Waals surface area contributed by atoms with E-state index in [1.807, 2.05) is 12.1 Å². The van der Waals surface area contributed by atoms with Crippen LogP contribution in [0.1, 0.15) is 25.8 Å². The Morgan fingerprint density at radius 2 is 1.94 bits per heavy atom. The van der Waals surface area contributed by atoms with Crippen molar-refractivity contribution in [1.29, 1.82) is 0 Å². The number of rotatable bonds is 5. The molecule has 0 aliphatic rings. The van der Waals surface area contributed by atoms with Crippen LogP contribution in [0.4, 0.5) is 0 Å². The summed E-state index contributed by atoms with van der Waals surface area (Å²) >= 11 is 11.9. The number of aliphatic hydroxyl groups is 1. The van der Waals surface area contributed by atoms with Crippen LogP contribution >= 0.6 is 23.2 Å². The van der Waals surface area contributed by atoms with Crippen molar-refractivity contribution < 1.29 is 5.11 Å². The van der Waals surface area contributed by atoms with Crippen molar-refractivity contribution in [2.24, 2.45) is 11.8 Å². The van der Waals surface area contributed by atoms with Crippen molar-refractivity contribution in [3.8, 4) is 0 Å². The third-order valence-corrected chi connectivity index (χ3v) is 3.17. The third kappa shape index (κ3) is 4.32. The molecule has 1 atom stereocenters. The van der Waals surface area contributed by atoms with Gasteiger partial charge in [-0.25, -0.2) is 0 Å². The molecule has 0 aliphatic carbocycles. The zero-order chi connectivity index (χ0) is 12.1. The van der Waals surface area contributed by atoms with Crippen LogP contribution in [0.3, 0.4) is 0 Å². The minimum atomic E-state index is 0.205. The highest BCUT2D eigenvalue weighted by Gasteiger charge is 2.12. The minimum absolute atomic E-state index is 0.205. The summed E-state index contributed by atoms with van der Waals surface area (Å²) in [5, 5.41) is 10.7. The standard InChI is InChI=1S/C13H18Cl2O/c1-9(2)5-10(8-16)6-11-3-4-12(14)7-13(11)15/h3-4,7,9-10,16H,5-6,8H2,1-2H3. The quantitative estimate of drug-likeness (QED) is 0.842. The van der Waals surface area contributed by atoms with E-state index in [-0.39, 0.29) is 12.5 Å². The Hall–Kier alpha value is -0.240. The number of hydrogen-bond acceptors (Lipinski definition) is 1. The molecule has 16 heavy (non-hydrogen) atoms. The molecule has 1 unspecified atom stereocenters. The summed E-state index contributed by atoms with van der Waals surface area (Å²) in [6.45, 7) is 4.52. The second kappa shape index (κ2) is 6.48. The first-order chi connectivity index (χ1) is 7.52. The topological polar surface area (TPSA) is 20.2 Å². The SMILES string of the molecule is CC(C)CC(CO)Cc1ccc(Cl)cc1Cl. The predicted molar refractivity (Wildman–Crippen MR) is 70.2 cm³/mol. The van der Waals surface area contributed by atoms with Crippen molar-refractivity contribution in [3.63, 3.8) is 0 Å². The Morgan fingerprint density at radius 1 is 1.25 bits per heavy atom. The van der Waals surface area contributed by atoms with Crippen LogP contribution in [0.2, 0.25) is 10.0 Å². The molecule has 0 bridgehead atoms. The Morgan fingerprint density at radius 3 is 2.44 bits per heavy atom. The minimum Gasteiger partial charge on any atom is -0.396 e. The zero-order valence-corrected chi connectivity index (χ0v) is 11.2. The first-order valence-electron chi connectivity index (χ1n) is 5.57. The van der Waals surface area contributed by atoms with Gasteiger partial charge >= 0.3 is 0 Å².